The summed E-state index contributed by atoms with van der Waals surface area (Å²) in [6.07, 6.45) is 9.08. The highest BCUT2D eigenvalue weighted by Gasteiger charge is 2.11. The van der Waals surface area contributed by atoms with Crippen molar-refractivity contribution in [3.63, 3.8) is 0 Å². The van der Waals surface area contributed by atoms with E-state index in [1.54, 1.807) is 0 Å². The van der Waals surface area contributed by atoms with E-state index in [2.05, 4.69) is 33.8 Å². The first-order chi connectivity index (χ1) is 8.76. The summed E-state index contributed by atoms with van der Waals surface area (Å²) >= 11 is 0. The molecule has 0 radical (unpaired) electrons. The van der Waals surface area contributed by atoms with Gasteiger partial charge in [0.15, 0.2) is 0 Å². The summed E-state index contributed by atoms with van der Waals surface area (Å²) in [5.74, 6) is 0.895. The Bertz CT molecular complexity index is 497. The summed E-state index contributed by atoms with van der Waals surface area (Å²) in [4.78, 5) is 4.36. The second kappa shape index (κ2) is 5.71. The van der Waals surface area contributed by atoms with E-state index in [-0.39, 0.29) is 0 Å². The van der Waals surface area contributed by atoms with Crippen LogP contribution in [0.25, 0.3) is 5.69 Å². The van der Waals surface area contributed by atoms with Crippen LogP contribution >= 0.6 is 0 Å². The zero-order chi connectivity index (χ0) is 13.0. The first-order valence-corrected chi connectivity index (χ1v) is 6.56. The van der Waals surface area contributed by atoms with Gasteiger partial charge in [0.2, 0.25) is 5.95 Å². The van der Waals surface area contributed by atoms with Crippen molar-refractivity contribution in [2.24, 2.45) is 7.05 Å². The molecule has 5 heteroatoms. The van der Waals surface area contributed by atoms with E-state index < -0.39 is 0 Å². The molecule has 2 aromatic heterocycles. The van der Waals surface area contributed by atoms with E-state index in [1.165, 1.54) is 6.42 Å². The highest BCUT2D eigenvalue weighted by atomic mass is 15.3. The summed E-state index contributed by atoms with van der Waals surface area (Å²) in [5, 5.41) is 7.83. The van der Waals surface area contributed by atoms with Crippen LogP contribution in [0.1, 0.15) is 32.4 Å². The second-order valence-corrected chi connectivity index (χ2v) is 4.39. The molecule has 0 aliphatic rings. The van der Waals surface area contributed by atoms with Gasteiger partial charge in [-0.2, -0.15) is 5.10 Å². The summed E-state index contributed by atoms with van der Waals surface area (Å²) < 4.78 is 3.92. The topological polar surface area (TPSA) is 47.7 Å². The molecule has 0 amide bonds. The van der Waals surface area contributed by atoms with Gasteiger partial charge >= 0.3 is 0 Å². The standard InChI is InChI=1S/C13H21N5/c1-4-6-7-14-13-15-8-9-18(13)12-10-17(3)16-11(12)5-2/h8-10H,4-7H2,1-3H3,(H,14,15). The minimum absolute atomic E-state index is 0.895. The smallest absolute Gasteiger partial charge is 0.207 e. The van der Waals surface area contributed by atoms with E-state index >= 15 is 0 Å². The van der Waals surface area contributed by atoms with Crippen molar-refractivity contribution >= 4 is 5.95 Å². The number of aromatic nitrogens is 4. The number of aryl methyl sites for hydroxylation is 2. The Balaban J connectivity index is 2.24. The molecule has 2 aromatic rings. The van der Waals surface area contributed by atoms with Crippen LogP contribution in [0, 0.1) is 0 Å². The summed E-state index contributed by atoms with van der Waals surface area (Å²) in [5.41, 5.74) is 2.20. The van der Waals surface area contributed by atoms with E-state index in [0.29, 0.717) is 0 Å². The van der Waals surface area contributed by atoms with Crippen molar-refractivity contribution < 1.29 is 0 Å². The molecule has 0 atom stereocenters. The fraction of sp³-hybridized carbons (Fsp3) is 0.538. The molecule has 18 heavy (non-hydrogen) atoms. The Morgan fingerprint density at radius 2 is 2.17 bits per heavy atom. The lowest BCUT2D eigenvalue weighted by Gasteiger charge is -2.08. The summed E-state index contributed by atoms with van der Waals surface area (Å²) in [6.45, 7) is 5.26. The number of hydrogen-bond donors (Lipinski definition) is 1. The predicted molar refractivity (Wildman–Crippen MR) is 73.1 cm³/mol. The zero-order valence-corrected chi connectivity index (χ0v) is 11.3. The largest absolute Gasteiger partial charge is 0.355 e. The van der Waals surface area contributed by atoms with E-state index in [0.717, 1.165) is 36.7 Å². The van der Waals surface area contributed by atoms with Crippen molar-refractivity contribution in [1.29, 1.82) is 0 Å². The number of hydrogen-bond acceptors (Lipinski definition) is 3. The summed E-state index contributed by atoms with van der Waals surface area (Å²) in [7, 11) is 1.95. The lowest BCUT2D eigenvalue weighted by molar-refractivity contribution is 0.746. The third-order valence-electron chi connectivity index (χ3n) is 2.93. The molecule has 0 aliphatic carbocycles. The Labute approximate surface area is 108 Å². The van der Waals surface area contributed by atoms with Gasteiger partial charge in [0.05, 0.1) is 11.4 Å². The van der Waals surface area contributed by atoms with Gasteiger partial charge in [-0.1, -0.05) is 20.3 Å². The first-order valence-electron chi connectivity index (χ1n) is 6.56. The number of nitrogens with zero attached hydrogens (tertiary/aromatic N) is 4. The maximum atomic E-state index is 4.46. The molecule has 5 nitrogen and oxygen atoms in total. The van der Waals surface area contributed by atoms with Crippen LogP contribution < -0.4 is 5.32 Å². The molecular formula is C13H21N5. The quantitative estimate of drug-likeness (QED) is 0.797. The Hall–Kier alpha value is -1.78. The molecule has 2 rings (SSSR count). The Kier molecular flexibility index (Phi) is 4.02. The van der Waals surface area contributed by atoms with Crippen LogP contribution in [-0.4, -0.2) is 25.9 Å². The van der Waals surface area contributed by atoms with Crippen LogP contribution in [-0.2, 0) is 13.5 Å². The van der Waals surface area contributed by atoms with Crippen LogP contribution in [0.3, 0.4) is 0 Å². The van der Waals surface area contributed by atoms with Crippen LogP contribution in [0.5, 0.6) is 0 Å². The van der Waals surface area contributed by atoms with Crippen molar-refractivity contribution in [3.05, 3.63) is 24.3 Å². The van der Waals surface area contributed by atoms with Crippen molar-refractivity contribution in [2.75, 3.05) is 11.9 Å². The number of unbranched alkanes of at least 4 members (excludes halogenated alkanes) is 1. The van der Waals surface area contributed by atoms with Crippen molar-refractivity contribution in [2.45, 2.75) is 33.1 Å². The maximum absolute atomic E-state index is 4.46. The number of nitrogens with one attached hydrogen (secondary N) is 1. The SMILES string of the molecule is CCCCNc1nccn1-c1cn(C)nc1CC. The van der Waals surface area contributed by atoms with Gasteiger partial charge in [-0.25, -0.2) is 4.98 Å². The average molecular weight is 247 g/mol. The molecule has 0 fully saturated rings. The molecule has 0 spiro atoms. The van der Waals surface area contributed by atoms with Crippen LogP contribution in [0.15, 0.2) is 18.6 Å². The van der Waals surface area contributed by atoms with Crippen LogP contribution in [0.2, 0.25) is 0 Å². The van der Waals surface area contributed by atoms with Crippen molar-refractivity contribution in [3.8, 4) is 5.69 Å². The molecule has 0 unspecified atom stereocenters. The first kappa shape index (κ1) is 12.7. The molecular weight excluding hydrogens is 226 g/mol. The average Bonchev–Trinajstić information content (AvgIpc) is 2.95. The van der Waals surface area contributed by atoms with Gasteiger partial charge in [0.25, 0.3) is 0 Å². The number of imidazole rings is 1. The van der Waals surface area contributed by atoms with Crippen molar-refractivity contribution in [1.82, 2.24) is 19.3 Å². The Morgan fingerprint density at radius 1 is 1.33 bits per heavy atom. The molecule has 98 valence electrons. The van der Waals surface area contributed by atoms with Gasteiger partial charge in [-0.15, -0.1) is 0 Å². The molecule has 0 bridgehead atoms. The van der Waals surface area contributed by atoms with Gasteiger partial charge in [0, 0.05) is 32.2 Å². The molecule has 1 N–H and O–H groups in total. The molecule has 2 heterocycles. The van der Waals surface area contributed by atoms with E-state index in [1.807, 2.05) is 30.3 Å². The van der Waals surface area contributed by atoms with Crippen LogP contribution in [0.4, 0.5) is 5.95 Å². The predicted octanol–water partition coefficient (Wildman–Crippen LogP) is 2.38. The fourth-order valence-electron chi connectivity index (χ4n) is 1.98. The molecule has 0 aliphatic heterocycles. The van der Waals surface area contributed by atoms with E-state index in [9.17, 15) is 0 Å². The van der Waals surface area contributed by atoms with Gasteiger partial charge in [-0.3, -0.25) is 9.25 Å². The lowest BCUT2D eigenvalue weighted by Crippen LogP contribution is -2.07. The molecule has 0 aromatic carbocycles. The molecule has 0 saturated carbocycles. The monoisotopic (exact) mass is 247 g/mol. The normalized spacial score (nSPS) is 10.8. The zero-order valence-electron chi connectivity index (χ0n) is 11.3. The highest BCUT2D eigenvalue weighted by molar-refractivity contribution is 5.43. The lowest BCUT2D eigenvalue weighted by atomic mass is 10.3. The highest BCUT2D eigenvalue weighted by Crippen LogP contribution is 2.18. The van der Waals surface area contributed by atoms with E-state index in [4.69, 9.17) is 0 Å². The van der Waals surface area contributed by atoms with Gasteiger partial charge < -0.3 is 5.32 Å². The van der Waals surface area contributed by atoms with Gasteiger partial charge in [-0.05, 0) is 12.8 Å². The summed E-state index contributed by atoms with van der Waals surface area (Å²) in [6, 6.07) is 0. The fourth-order valence-corrected chi connectivity index (χ4v) is 1.98. The minimum atomic E-state index is 0.895. The third-order valence-corrected chi connectivity index (χ3v) is 2.93. The molecule has 0 saturated heterocycles. The maximum Gasteiger partial charge on any atom is 0.207 e. The van der Waals surface area contributed by atoms with Gasteiger partial charge in [0.1, 0.15) is 0 Å². The number of rotatable bonds is 6. The third kappa shape index (κ3) is 2.55. The second-order valence-electron chi connectivity index (χ2n) is 4.39. The minimum Gasteiger partial charge on any atom is -0.355 e. The number of anilines is 1. The Morgan fingerprint density at radius 3 is 2.89 bits per heavy atom.